The molecule has 120 valence electrons. The van der Waals surface area contributed by atoms with Gasteiger partial charge in [-0.1, -0.05) is 34.6 Å². The zero-order chi connectivity index (χ0) is 16.4. The lowest BCUT2D eigenvalue weighted by molar-refractivity contribution is -0.364. The summed E-state index contributed by atoms with van der Waals surface area (Å²) in [7, 11) is 2.38. The Morgan fingerprint density at radius 2 is 1.91 bits per heavy atom. The van der Waals surface area contributed by atoms with Crippen molar-refractivity contribution in [1.29, 1.82) is 0 Å². The third-order valence-electron chi connectivity index (χ3n) is 3.33. The Morgan fingerprint density at radius 3 is 2.36 bits per heavy atom. The highest BCUT2D eigenvalue weighted by atomic mass is 19.4. The molecule has 0 N–H and O–H groups in total. The monoisotopic (exact) mass is 316 g/mol. The SMILES string of the molecule is CON=C(C)c1ccc(C2=NOC(OC)(C(F)(F)F)C2)cc1. The first-order chi connectivity index (χ1) is 10.3. The number of nitrogens with zero attached hydrogens (tertiary/aromatic N) is 2. The highest BCUT2D eigenvalue weighted by Crippen LogP contribution is 2.41. The van der Waals surface area contributed by atoms with Crippen molar-refractivity contribution in [2.24, 2.45) is 10.3 Å². The van der Waals surface area contributed by atoms with E-state index in [-0.39, 0.29) is 5.71 Å². The van der Waals surface area contributed by atoms with Crippen LogP contribution in [-0.2, 0) is 14.4 Å². The van der Waals surface area contributed by atoms with Crippen LogP contribution < -0.4 is 0 Å². The van der Waals surface area contributed by atoms with Gasteiger partial charge < -0.3 is 14.4 Å². The second kappa shape index (κ2) is 5.96. The number of alkyl halides is 3. The summed E-state index contributed by atoms with van der Waals surface area (Å²) < 4.78 is 43.5. The van der Waals surface area contributed by atoms with E-state index in [1.54, 1.807) is 31.2 Å². The van der Waals surface area contributed by atoms with Crippen LogP contribution in [0.2, 0.25) is 0 Å². The van der Waals surface area contributed by atoms with Gasteiger partial charge in [0.25, 0.3) is 0 Å². The lowest BCUT2D eigenvalue weighted by atomic mass is 10.0. The number of rotatable bonds is 4. The zero-order valence-corrected chi connectivity index (χ0v) is 12.3. The third kappa shape index (κ3) is 2.92. The summed E-state index contributed by atoms with van der Waals surface area (Å²) in [6, 6.07) is 6.73. The summed E-state index contributed by atoms with van der Waals surface area (Å²) in [4.78, 5) is 9.20. The van der Waals surface area contributed by atoms with Gasteiger partial charge in [0.1, 0.15) is 7.11 Å². The second-order valence-corrected chi connectivity index (χ2v) is 4.70. The summed E-state index contributed by atoms with van der Waals surface area (Å²) in [5.74, 6) is -2.71. The standard InChI is InChI=1S/C14H15F3N2O3/c1-9(18-21-3)10-4-6-11(7-5-10)12-8-13(20-2,22-19-12)14(15,16)17/h4-7H,8H2,1-3H3. The average Bonchev–Trinajstić information content (AvgIpc) is 2.93. The van der Waals surface area contributed by atoms with Crippen LogP contribution in [0.3, 0.4) is 0 Å². The van der Waals surface area contributed by atoms with Gasteiger partial charge in [0.05, 0.1) is 17.8 Å². The number of benzene rings is 1. The molecule has 0 aromatic heterocycles. The van der Waals surface area contributed by atoms with E-state index in [0.29, 0.717) is 11.3 Å². The molecular formula is C14H15F3N2O3. The van der Waals surface area contributed by atoms with Crippen molar-refractivity contribution in [3.8, 4) is 0 Å². The van der Waals surface area contributed by atoms with Crippen molar-refractivity contribution >= 4 is 11.4 Å². The predicted molar refractivity (Wildman–Crippen MR) is 73.7 cm³/mol. The molecule has 0 aliphatic carbocycles. The Morgan fingerprint density at radius 1 is 1.27 bits per heavy atom. The molecule has 1 aliphatic rings. The highest BCUT2D eigenvalue weighted by Gasteiger charge is 2.62. The number of methoxy groups -OCH3 is 1. The molecule has 1 unspecified atom stereocenters. The normalized spacial score (nSPS) is 22.3. The molecule has 2 rings (SSSR count). The van der Waals surface area contributed by atoms with E-state index < -0.39 is 18.4 Å². The second-order valence-electron chi connectivity index (χ2n) is 4.70. The van der Waals surface area contributed by atoms with Crippen molar-refractivity contribution in [2.75, 3.05) is 14.2 Å². The van der Waals surface area contributed by atoms with Gasteiger partial charge in [-0.2, -0.15) is 13.2 Å². The van der Waals surface area contributed by atoms with Gasteiger partial charge >= 0.3 is 12.0 Å². The molecule has 0 amide bonds. The maximum absolute atomic E-state index is 13.0. The summed E-state index contributed by atoms with van der Waals surface area (Å²) in [5, 5.41) is 7.31. The number of hydrogen-bond donors (Lipinski definition) is 0. The quantitative estimate of drug-likeness (QED) is 0.633. The fraction of sp³-hybridized carbons (Fsp3) is 0.429. The van der Waals surface area contributed by atoms with E-state index in [0.717, 1.165) is 12.7 Å². The summed E-state index contributed by atoms with van der Waals surface area (Å²) in [6.45, 7) is 1.76. The third-order valence-corrected chi connectivity index (χ3v) is 3.33. The Hall–Kier alpha value is -2.09. The molecule has 5 nitrogen and oxygen atoms in total. The molecule has 0 spiro atoms. The van der Waals surface area contributed by atoms with Gasteiger partial charge in [-0.3, -0.25) is 0 Å². The van der Waals surface area contributed by atoms with Gasteiger partial charge in [-0.15, -0.1) is 0 Å². The van der Waals surface area contributed by atoms with E-state index in [9.17, 15) is 13.2 Å². The average molecular weight is 316 g/mol. The minimum atomic E-state index is -4.67. The van der Waals surface area contributed by atoms with Gasteiger partial charge in [0, 0.05) is 7.11 Å². The Labute approximate surface area is 125 Å². The number of ether oxygens (including phenoxy) is 1. The van der Waals surface area contributed by atoms with Crippen LogP contribution in [0, 0.1) is 0 Å². The van der Waals surface area contributed by atoms with Crippen molar-refractivity contribution in [1.82, 2.24) is 0 Å². The fourth-order valence-corrected chi connectivity index (χ4v) is 2.04. The van der Waals surface area contributed by atoms with Crippen molar-refractivity contribution < 1.29 is 27.6 Å². The molecule has 8 heteroatoms. The molecule has 22 heavy (non-hydrogen) atoms. The predicted octanol–water partition coefficient (Wildman–Crippen LogP) is 3.09. The van der Waals surface area contributed by atoms with Crippen LogP contribution in [0.5, 0.6) is 0 Å². The van der Waals surface area contributed by atoms with Gasteiger partial charge in [-0.25, -0.2) is 0 Å². The van der Waals surface area contributed by atoms with Crippen LogP contribution >= 0.6 is 0 Å². The summed E-state index contributed by atoms with van der Waals surface area (Å²) >= 11 is 0. The number of halogens is 3. The molecular weight excluding hydrogens is 301 g/mol. The van der Waals surface area contributed by atoms with E-state index in [1.807, 2.05) is 0 Å². The molecule has 0 fully saturated rings. The van der Waals surface area contributed by atoms with Crippen LogP contribution in [0.4, 0.5) is 13.2 Å². The Balaban J connectivity index is 2.19. The van der Waals surface area contributed by atoms with Crippen molar-refractivity contribution in [2.45, 2.75) is 25.3 Å². The zero-order valence-electron chi connectivity index (χ0n) is 12.3. The summed E-state index contributed by atoms with van der Waals surface area (Å²) in [5.41, 5.74) is 2.14. The van der Waals surface area contributed by atoms with E-state index in [1.165, 1.54) is 7.11 Å². The molecule has 0 saturated carbocycles. The van der Waals surface area contributed by atoms with Crippen LogP contribution in [0.25, 0.3) is 0 Å². The van der Waals surface area contributed by atoms with Gasteiger partial charge in [-0.05, 0) is 18.1 Å². The van der Waals surface area contributed by atoms with Gasteiger partial charge in [0.15, 0.2) is 0 Å². The fourth-order valence-electron chi connectivity index (χ4n) is 2.04. The molecule has 1 heterocycles. The van der Waals surface area contributed by atoms with E-state index >= 15 is 0 Å². The smallest absolute Gasteiger partial charge is 0.399 e. The molecule has 1 atom stereocenters. The molecule has 1 aromatic carbocycles. The first kappa shape index (κ1) is 16.3. The van der Waals surface area contributed by atoms with E-state index in [4.69, 9.17) is 0 Å². The first-order valence-electron chi connectivity index (χ1n) is 6.38. The van der Waals surface area contributed by atoms with Crippen molar-refractivity contribution in [3.05, 3.63) is 35.4 Å². The Kier molecular flexibility index (Phi) is 4.41. The molecule has 1 aromatic rings. The van der Waals surface area contributed by atoms with Crippen molar-refractivity contribution in [3.63, 3.8) is 0 Å². The summed E-state index contributed by atoms with van der Waals surface area (Å²) in [6.07, 6.45) is -5.17. The maximum atomic E-state index is 13.0. The van der Waals surface area contributed by atoms with Crippen LogP contribution in [0.1, 0.15) is 24.5 Å². The number of hydrogen-bond acceptors (Lipinski definition) is 5. The lowest BCUT2D eigenvalue weighted by Crippen LogP contribution is -2.47. The highest BCUT2D eigenvalue weighted by molar-refractivity contribution is 6.03. The van der Waals surface area contributed by atoms with Gasteiger partial charge in [0.2, 0.25) is 0 Å². The minimum Gasteiger partial charge on any atom is -0.399 e. The molecule has 0 radical (unpaired) electrons. The lowest BCUT2D eigenvalue weighted by Gasteiger charge is -2.26. The maximum Gasteiger partial charge on any atom is 0.458 e. The minimum absolute atomic E-state index is 0.173. The molecule has 0 saturated heterocycles. The molecule has 0 bridgehead atoms. The molecule has 1 aliphatic heterocycles. The van der Waals surface area contributed by atoms with E-state index in [2.05, 4.69) is 24.7 Å². The number of oxime groups is 2. The largest absolute Gasteiger partial charge is 0.458 e. The van der Waals surface area contributed by atoms with Crippen LogP contribution in [-0.4, -0.2) is 37.6 Å². The first-order valence-corrected chi connectivity index (χ1v) is 6.38. The van der Waals surface area contributed by atoms with Crippen LogP contribution in [0.15, 0.2) is 34.6 Å². The topological polar surface area (TPSA) is 52.4 Å². The Bertz CT molecular complexity index is 596.